The highest BCUT2D eigenvalue weighted by Crippen LogP contribution is 2.38. The summed E-state index contributed by atoms with van der Waals surface area (Å²) in [5.41, 5.74) is -0.143. The van der Waals surface area contributed by atoms with E-state index in [0.717, 1.165) is 50.7 Å². The average molecular weight is 575 g/mol. The largest absolute Gasteiger partial charge is 0.298 e. The number of benzene rings is 2. The Morgan fingerprint density at radius 1 is 0.512 bits per heavy atom. The lowest BCUT2D eigenvalue weighted by Gasteiger charge is -2.22. The number of carbonyl (C=O) groups excluding carboxylic acids is 6. The van der Waals surface area contributed by atoms with Crippen LogP contribution in [0.1, 0.15) is 106 Å². The van der Waals surface area contributed by atoms with Crippen LogP contribution in [0.4, 0.5) is 0 Å². The lowest BCUT2D eigenvalue weighted by Crippen LogP contribution is -2.32. The summed E-state index contributed by atoms with van der Waals surface area (Å²) in [5, 5.41) is 0. The van der Waals surface area contributed by atoms with Gasteiger partial charge < -0.3 is 0 Å². The maximum atomic E-state index is 13.6. The highest BCUT2D eigenvalue weighted by Gasteiger charge is 2.47. The summed E-state index contributed by atoms with van der Waals surface area (Å²) in [5.74, 6) is -6.91. The minimum Gasteiger partial charge on any atom is -0.298 e. The van der Waals surface area contributed by atoms with Crippen LogP contribution in [0.5, 0.6) is 0 Å². The first-order valence-corrected chi connectivity index (χ1v) is 15.9. The molecule has 4 aliphatic rings. The van der Waals surface area contributed by atoms with Gasteiger partial charge in [-0.3, -0.25) is 28.8 Å². The van der Waals surface area contributed by atoms with Crippen molar-refractivity contribution in [2.45, 2.75) is 74.0 Å². The number of rotatable bonds is 6. The van der Waals surface area contributed by atoms with Gasteiger partial charge in [0.25, 0.3) is 0 Å². The fourth-order valence-corrected chi connectivity index (χ4v) is 8.29. The number of fused-ring (bicyclic) bond motifs is 2. The van der Waals surface area contributed by atoms with E-state index < -0.39 is 44.8 Å². The normalized spacial score (nSPS) is 23.5. The monoisotopic (exact) mass is 574 g/mol. The molecule has 0 aromatic heterocycles. The summed E-state index contributed by atoms with van der Waals surface area (Å²) < 4.78 is 27.2. The molecular weight excluding hydrogens is 544 g/mol. The van der Waals surface area contributed by atoms with Crippen molar-refractivity contribution in [2.75, 3.05) is 0 Å². The molecule has 0 heterocycles. The second kappa shape index (κ2) is 10.4. The van der Waals surface area contributed by atoms with Gasteiger partial charge in [0.1, 0.15) is 11.8 Å². The summed E-state index contributed by atoms with van der Waals surface area (Å²) in [7, 11) is -4.28. The molecule has 9 heteroatoms. The van der Waals surface area contributed by atoms with Crippen molar-refractivity contribution in [1.29, 1.82) is 0 Å². The zero-order valence-corrected chi connectivity index (χ0v) is 23.3. The van der Waals surface area contributed by atoms with Gasteiger partial charge in [0.2, 0.25) is 9.84 Å². The second-order valence-corrected chi connectivity index (χ2v) is 13.7. The van der Waals surface area contributed by atoms with Crippen molar-refractivity contribution in [3.63, 3.8) is 0 Å². The van der Waals surface area contributed by atoms with Gasteiger partial charge in [-0.2, -0.15) is 0 Å². The summed E-state index contributed by atoms with van der Waals surface area (Å²) in [4.78, 5) is 78.1. The van der Waals surface area contributed by atoms with E-state index in [1.165, 1.54) is 24.3 Å². The van der Waals surface area contributed by atoms with Gasteiger partial charge in [-0.25, -0.2) is 8.42 Å². The Balaban J connectivity index is 1.28. The maximum Gasteiger partial charge on any atom is 0.206 e. The average Bonchev–Trinajstić information content (AvgIpc) is 3.40. The molecule has 0 bridgehead atoms. The summed E-state index contributed by atoms with van der Waals surface area (Å²) in [6, 6.07) is 7.18. The van der Waals surface area contributed by atoms with Crippen LogP contribution in [0, 0.1) is 23.7 Å². The lowest BCUT2D eigenvalue weighted by molar-refractivity contribution is -0.125. The van der Waals surface area contributed by atoms with Crippen molar-refractivity contribution in [3.05, 3.63) is 58.7 Å². The number of sulfone groups is 1. The molecule has 2 atom stereocenters. The van der Waals surface area contributed by atoms with Crippen molar-refractivity contribution in [2.24, 2.45) is 23.7 Å². The van der Waals surface area contributed by atoms with Gasteiger partial charge in [0.15, 0.2) is 34.7 Å². The highest BCUT2D eigenvalue weighted by molar-refractivity contribution is 7.91. The minimum absolute atomic E-state index is 0.0295. The number of hydrogen-bond donors (Lipinski definition) is 0. The van der Waals surface area contributed by atoms with E-state index in [0.29, 0.717) is 25.7 Å². The molecule has 0 saturated heterocycles. The van der Waals surface area contributed by atoms with Gasteiger partial charge in [0.05, 0.1) is 9.79 Å². The van der Waals surface area contributed by atoms with E-state index in [2.05, 4.69) is 0 Å². The van der Waals surface area contributed by atoms with Gasteiger partial charge >= 0.3 is 0 Å². The molecule has 2 aromatic carbocycles. The number of ketones is 6. The van der Waals surface area contributed by atoms with Crippen LogP contribution in [-0.2, 0) is 19.4 Å². The van der Waals surface area contributed by atoms with Gasteiger partial charge in [-0.1, -0.05) is 38.5 Å². The lowest BCUT2D eigenvalue weighted by atomic mass is 9.80. The van der Waals surface area contributed by atoms with Crippen LogP contribution >= 0.6 is 0 Å². The molecule has 0 radical (unpaired) electrons. The third-order valence-corrected chi connectivity index (χ3v) is 11.0. The van der Waals surface area contributed by atoms with E-state index >= 15 is 0 Å². The summed E-state index contributed by atoms with van der Waals surface area (Å²) in [6.07, 6.45) is 8.04. The molecule has 212 valence electrons. The summed E-state index contributed by atoms with van der Waals surface area (Å²) in [6.45, 7) is 0. The SMILES string of the molecule is O=C1c2ccc(S(=O)(=O)c3ccc4c(c3)C(=O)C(C(=O)C3CCCCC3)C4=O)cc2C(=O)C1C(=O)C1CCCCC1. The topological polar surface area (TPSA) is 137 Å². The Kier molecular flexibility index (Phi) is 6.96. The standard InChI is InChI=1S/C32H30O8S/c33-27(17-7-3-1-4-8-17)25-29(35)21-13-11-19(15-23(21)31(25)37)41(39,40)20-12-14-22-24(16-20)32(38)26(30(22)36)28(34)18-9-5-2-6-10-18/h11-18,25-26H,1-10H2. The van der Waals surface area contributed by atoms with Crippen LogP contribution in [-0.4, -0.2) is 43.1 Å². The van der Waals surface area contributed by atoms with Crippen LogP contribution in [0.15, 0.2) is 46.2 Å². The molecule has 0 N–H and O–H groups in total. The molecule has 0 spiro atoms. The number of Topliss-reactive ketones (excluding diaryl/α,β-unsaturated/α-hetero) is 6. The molecular formula is C32H30O8S. The molecule has 0 amide bonds. The Hall–Kier alpha value is -3.59. The third kappa shape index (κ3) is 4.45. The Morgan fingerprint density at radius 3 is 1.22 bits per heavy atom. The Bertz CT molecular complexity index is 1520. The highest BCUT2D eigenvalue weighted by atomic mass is 32.2. The predicted molar refractivity (Wildman–Crippen MR) is 146 cm³/mol. The fourth-order valence-electron chi connectivity index (χ4n) is 6.98. The fraction of sp³-hybridized carbons (Fsp3) is 0.438. The zero-order valence-electron chi connectivity index (χ0n) is 22.5. The van der Waals surface area contributed by atoms with Crippen LogP contribution in [0.25, 0.3) is 0 Å². The smallest absolute Gasteiger partial charge is 0.206 e. The molecule has 8 nitrogen and oxygen atoms in total. The van der Waals surface area contributed by atoms with Gasteiger partial charge in [0, 0.05) is 34.1 Å². The Labute approximate surface area is 237 Å². The Morgan fingerprint density at radius 2 is 0.854 bits per heavy atom. The number of carbonyl (C=O) groups is 6. The molecule has 6 rings (SSSR count). The first-order valence-electron chi connectivity index (χ1n) is 14.4. The molecule has 2 fully saturated rings. The third-order valence-electron chi connectivity index (χ3n) is 9.30. The molecule has 2 saturated carbocycles. The number of hydrogen-bond acceptors (Lipinski definition) is 8. The molecule has 2 aromatic rings. The van der Waals surface area contributed by atoms with Crippen LogP contribution < -0.4 is 0 Å². The predicted octanol–water partition coefficient (Wildman–Crippen LogP) is 4.81. The first kappa shape index (κ1) is 27.6. The van der Waals surface area contributed by atoms with Crippen LogP contribution in [0.3, 0.4) is 0 Å². The van der Waals surface area contributed by atoms with Crippen molar-refractivity contribution in [1.82, 2.24) is 0 Å². The first-order chi connectivity index (χ1) is 19.6. The van der Waals surface area contributed by atoms with E-state index in [4.69, 9.17) is 0 Å². The maximum absolute atomic E-state index is 13.6. The van der Waals surface area contributed by atoms with Gasteiger partial charge in [-0.05, 0) is 62.1 Å². The van der Waals surface area contributed by atoms with Gasteiger partial charge in [-0.15, -0.1) is 0 Å². The van der Waals surface area contributed by atoms with Crippen molar-refractivity contribution in [3.8, 4) is 0 Å². The van der Waals surface area contributed by atoms with Crippen molar-refractivity contribution >= 4 is 44.5 Å². The molecule has 0 aliphatic heterocycles. The van der Waals surface area contributed by atoms with Crippen LogP contribution in [0.2, 0.25) is 0 Å². The van der Waals surface area contributed by atoms with E-state index in [-0.39, 0.29) is 55.4 Å². The minimum atomic E-state index is -4.28. The van der Waals surface area contributed by atoms with E-state index in [1.54, 1.807) is 0 Å². The zero-order chi connectivity index (χ0) is 29.1. The second-order valence-electron chi connectivity index (χ2n) is 11.7. The molecule has 4 aliphatic carbocycles. The molecule has 41 heavy (non-hydrogen) atoms. The summed E-state index contributed by atoms with van der Waals surface area (Å²) >= 11 is 0. The quantitative estimate of drug-likeness (QED) is 0.449. The van der Waals surface area contributed by atoms with E-state index in [1.807, 2.05) is 0 Å². The van der Waals surface area contributed by atoms with Crippen molar-refractivity contribution < 1.29 is 37.2 Å². The van der Waals surface area contributed by atoms with E-state index in [9.17, 15) is 37.2 Å². The molecule has 2 unspecified atom stereocenters.